The number of rotatable bonds is 4. The summed E-state index contributed by atoms with van der Waals surface area (Å²) in [6.45, 7) is 5.48. The highest BCUT2D eigenvalue weighted by Crippen LogP contribution is 2.39. The third-order valence-electron chi connectivity index (χ3n) is 4.97. The van der Waals surface area contributed by atoms with Gasteiger partial charge in [0.05, 0.1) is 10.6 Å². The third-order valence-corrected chi connectivity index (χ3v) is 6.16. The van der Waals surface area contributed by atoms with Crippen LogP contribution in [0.4, 0.5) is 4.79 Å². The molecule has 1 aliphatic heterocycles. The van der Waals surface area contributed by atoms with Crippen LogP contribution in [-0.2, 0) is 4.74 Å². The standard InChI is InChI=1S/C17H27N3O2S/c1-12(15-19-13(2)11-23-15)10-18-16(21)20-14-5-8-22-17(9-14)6-3-4-7-17/h11-12,14H,3-10H2,1-2H3,(H2,18,20,21)/t12-,14+/m0/s1. The number of nitrogens with one attached hydrogen (secondary N) is 2. The number of thiazole rings is 1. The van der Waals surface area contributed by atoms with Crippen LogP contribution < -0.4 is 10.6 Å². The van der Waals surface area contributed by atoms with Crippen molar-refractivity contribution in [1.82, 2.24) is 15.6 Å². The van der Waals surface area contributed by atoms with E-state index in [-0.39, 0.29) is 23.6 Å². The van der Waals surface area contributed by atoms with Crippen molar-refractivity contribution in [2.24, 2.45) is 0 Å². The van der Waals surface area contributed by atoms with Crippen molar-refractivity contribution in [1.29, 1.82) is 0 Å². The summed E-state index contributed by atoms with van der Waals surface area (Å²) in [7, 11) is 0. The van der Waals surface area contributed by atoms with Gasteiger partial charge in [-0.05, 0) is 32.6 Å². The topological polar surface area (TPSA) is 63.2 Å². The smallest absolute Gasteiger partial charge is 0.315 e. The van der Waals surface area contributed by atoms with E-state index in [1.54, 1.807) is 11.3 Å². The Kier molecular flexibility index (Phi) is 5.21. The Labute approximate surface area is 142 Å². The Hall–Kier alpha value is -1.14. The molecule has 2 heterocycles. The van der Waals surface area contributed by atoms with E-state index in [0.717, 1.165) is 43.0 Å². The van der Waals surface area contributed by atoms with Gasteiger partial charge in [0.15, 0.2) is 0 Å². The molecule has 1 saturated carbocycles. The molecule has 2 fully saturated rings. The van der Waals surface area contributed by atoms with E-state index < -0.39 is 0 Å². The molecular weight excluding hydrogens is 310 g/mol. The number of hydrogen-bond acceptors (Lipinski definition) is 4. The number of ether oxygens (including phenoxy) is 1. The monoisotopic (exact) mass is 337 g/mol. The highest BCUT2D eigenvalue weighted by atomic mass is 32.1. The average Bonchev–Trinajstić information content (AvgIpc) is 3.14. The molecule has 1 saturated heterocycles. The second-order valence-corrected chi connectivity index (χ2v) is 7.90. The van der Waals surface area contributed by atoms with E-state index >= 15 is 0 Å². The number of nitrogens with zero attached hydrogens (tertiary/aromatic N) is 1. The van der Waals surface area contributed by atoms with Gasteiger partial charge in [-0.15, -0.1) is 11.3 Å². The molecule has 0 unspecified atom stereocenters. The summed E-state index contributed by atoms with van der Waals surface area (Å²) in [5, 5.41) is 9.26. The highest BCUT2D eigenvalue weighted by Gasteiger charge is 2.40. The lowest BCUT2D eigenvalue weighted by Gasteiger charge is -2.38. The number of aryl methyl sites for hydroxylation is 1. The maximum absolute atomic E-state index is 12.2. The SMILES string of the molecule is Cc1csc([C@@H](C)CNC(=O)N[C@@H]2CCOC3(CCCC3)C2)n1. The molecule has 1 aromatic rings. The lowest BCUT2D eigenvalue weighted by atomic mass is 9.89. The van der Waals surface area contributed by atoms with Gasteiger partial charge in [-0.2, -0.15) is 0 Å². The van der Waals surface area contributed by atoms with Crippen LogP contribution in [0.25, 0.3) is 0 Å². The average molecular weight is 337 g/mol. The van der Waals surface area contributed by atoms with Gasteiger partial charge in [-0.3, -0.25) is 0 Å². The first-order chi connectivity index (χ1) is 11.1. The van der Waals surface area contributed by atoms with Crippen LogP contribution in [0, 0.1) is 6.92 Å². The zero-order chi connectivity index (χ0) is 16.3. The van der Waals surface area contributed by atoms with Gasteiger partial charge in [-0.25, -0.2) is 9.78 Å². The Balaban J connectivity index is 1.44. The summed E-state index contributed by atoms with van der Waals surface area (Å²) in [5.74, 6) is 0.246. The first kappa shape index (κ1) is 16.7. The van der Waals surface area contributed by atoms with Gasteiger partial charge >= 0.3 is 6.03 Å². The lowest BCUT2D eigenvalue weighted by molar-refractivity contribution is -0.0820. The molecule has 1 spiro atoms. The summed E-state index contributed by atoms with van der Waals surface area (Å²) in [6, 6.07) is 0.171. The molecule has 2 atom stereocenters. The molecular formula is C17H27N3O2S. The fourth-order valence-electron chi connectivity index (χ4n) is 3.69. The normalized spacial score (nSPS) is 24.5. The highest BCUT2D eigenvalue weighted by molar-refractivity contribution is 7.09. The van der Waals surface area contributed by atoms with Crippen LogP contribution in [0.2, 0.25) is 0 Å². The molecule has 2 N–H and O–H groups in total. The molecule has 1 aromatic heterocycles. The van der Waals surface area contributed by atoms with Crippen LogP contribution in [0.3, 0.4) is 0 Å². The molecule has 0 radical (unpaired) electrons. The van der Waals surface area contributed by atoms with E-state index in [1.807, 2.05) is 6.92 Å². The van der Waals surface area contributed by atoms with Crippen molar-refractivity contribution in [3.63, 3.8) is 0 Å². The van der Waals surface area contributed by atoms with E-state index in [4.69, 9.17) is 4.74 Å². The fraction of sp³-hybridized carbons (Fsp3) is 0.765. The Morgan fingerprint density at radius 2 is 2.30 bits per heavy atom. The van der Waals surface area contributed by atoms with Crippen LogP contribution in [-0.4, -0.2) is 35.8 Å². The zero-order valence-electron chi connectivity index (χ0n) is 14.1. The largest absolute Gasteiger partial charge is 0.375 e. The summed E-state index contributed by atoms with van der Waals surface area (Å²) in [4.78, 5) is 16.7. The van der Waals surface area contributed by atoms with Crippen molar-refractivity contribution in [2.75, 3.05) is 13.2 Å². The number of aromatic nitrogens is 1. The molecule has 23 heavy (non-hydrogen) atoms. The summed E-state index contributed by atoms with van der Waals surface area (Å²) in [5.41, 5.74) is 1.09. The molecule has 128 valence electrons. The summed E-state index contributed by atoms with van der Waals surface area (Å²) >= 11 is 1.66. The van der Waals surface area contributed by atoms with Crippen LogP contribution >= 0.6 is 11.3 Å². The van der Waals surface area contributed by atoms with Crippen LogP contribution in [0.15, 0.2) is 5.38 Å². The van der Waals surface area contributed by atoms with E-state index in [1.165, 1.54) is 12.8 Å². The maximum atomic E-state index is 12.2. The molecule has 2 amide bonds. The first-order valence-corrected chi connectivity index (χ1v) is 9.55. The van der Waals surface area contributed by atoms with Crippen molar-refractivity contribution >= 4 is 17.4 Å². The first-order valence-electron chi connectivity index (χ1n) is 8.67. The van der Waals surface area contributed by atoms with Crippen LogP contribution in [0.1, 0.15) is 62.1 Å². The predicted octanol–water partition coefficient (Wildman–Crippen LogP) is 3.35. The zero-order valence-corrected chi connectivity index (χ0v) is 14.9. The molecule has 1 aliphatic carbocycles. The number of carbonyl (C=O) groups excluding carboxylic acids is 1. The summed E-state index contributed by atoms with van der Waals surface area (Å²) < 4.78 is 6.02. The minimum absolute atomic E-state index is 0.0436. The molecule has 5 nitrogen and oxygen atoms in total. The van der Waals surface area contributed by atoms with Gasteiger partial charge in [-0.1, -0.05) is 19.8 Å². The maximum Gasteiger partial charge on any atom is 0.315 e. The van der Waals surface area contributed by atoms with Gasteiger partial charge < -0.3 is 15.4 Å². The molecule has 2 aliphatic rings. The molecule has 0 aromatic carbocycles. The van der Waals surface area contributed by atoms with Crippen molar-refractivity contribution in [2.45, 2.75) is 69.9 Å². The minimum Gasteiger partial charge on any atom is -0.375 e. The molecule has 3 rings (SSSR count). The van der Waals surface area contributed by atoms with Crippen molar-refractivity contribution in [3.05, 3.63) is 16.1 Å². The Morgan fingerprint density at radius 3 is 3.00 bits per heavy atom. The van der Waals surface area contributed by atoms with Gasteiger partial charge in [0, 0.05) is 36.2 Å². The molecule has 6 heteroatoms. The quantitative estimate of drug-likeness (QED) is 0.885. The number of urea groups is 1. The number of hydrogen-bond donors (Lipinski definition) is 2. The third kappa shape index (κ3) is 4.23. The second-order valence-electron chi connectivity index (χ2n) is 7.01. The Morgan fingerprint density at radius 1 is 1.52 bits per heavy atom. The lowest BCUT2D eigenvalue weighted by Crippen LogP contribution is -2.50. The minimum atomic E-state index is -0.0647. The second kappa shape index (κ2) is 7.18. The van der Waals surface area contributed by atoms with Gasteiger partial charge in [0.1, 0.15) is 0 Å². The van der Waals surface area contributed by atoms with Gasteiger partial charge in [0.25, 0.3) is 0 Å². The number of amides is 2. The van der Waals surface area contributed by atoms with E-state index in [0.29, 0.717) is 6.54 Å². The van der Waals surface area contributed by atoms with Gasteiger partial charge in [0.2, 0.25) is 0 Å². The number of carbonyl (C=O) groups is 1. The van der Waals surface area contributed by atoms with Crippen molar-refractivity contribution < 1.29 is 9.53 Å². The summed E-state index contributed by atoms with van der Waals surface area (Å²) in [6.07, 6.45) is 6.67. The predicted molar refractivity (Wildman–Crippen MR) is 92.0 cm³/mol. The van der Waals surface area contributed by atoms with Crippen LogP contribution in [0.5, 0.6) is 0 Å². The van der Waals surface area contributed by atoms with E-state index in [9.17, 15) is 4.79 Å². The van der Waals surface area contributed by atoms with E-state index in [2.05, 4.69) is 27.9 Å². The molecule has 0 bridgehead atoms. The Bertz CT molecular complexity index is 540. The van der Waals surface area contributed by atoms with Crippen molar-refractivity contribution in [3.8, 4) is 0 Å². The fourth-order valence-corrected chi connectivity index (χ4v) is 4.54.